The van der Waals surface area contributed by atoms with Gasteiger partial charge in [0.15, 0.2) is 11.5 Å². The Labute approximate surface area is 135 Å². The van der Waals surface area contributed by atoms with E-state index in [9.17, 15) is 4.79 Å². The number of rotatable bonds is 3. The van der Waals surface area contributed by atoms with Gasteiger partial charge in [-0.3, -0.25) is 0 Å². The van der Waals surface area contributed by atoms with E-state index in [1.165, 1.54) is 7.11 Å². The van der Waals surface area contributed by atoms with Gasteiger partial charge >= 0.3 is 5.97 Å². The van der Waals surface area contributed by atoms with Gasteiger partial charge in [0, 0.05) is 6.54 Å². The predicted octanol–water partition coefficient (Wildman–Crippen LogP) is 2.02. The van der Waals surface area contributed by atoms with Crippen LogP contribution in [0.25, 0.3) is 0 Å². The van der Waals surface area contributed by atoms with Crippen LogP contribution in [-0.4, -0.2) is 43.0 Å². The zero-order valence-electron chi connectivity index (χ0n) is 13.2. The van der Waals surface area contributed by atoms with Crippen LogP contribution in [0.5, 0.6) is 0 Å². The zero-order chi connectivity index (χ0) is 16.3. The molecule has 3 rings (SSSR count). The van der Waals surface area contributed by atoms with Crippen molar-refractivity contribution in [2.75, 3.05) is 31.7 Å². The predicted molar refractivity (Wildman–Crippen MR) is 85.3 cm³/mol. The molecule has 1 unspecified atom stereocenters. The highest BCUT2D eigenvalue weighted by Crippen LogP contribution is 2.30. The highest BCUT2D eigenvalue weighted by atomic mass is 16.5. The van der Waals surface area contributed by atoms with Crippen LogP contribution in [0.2, 0.25) is 0 Å². The third-order valence-electron chi connectivity index (χ3n) is 4.03. The molecular weight excluding hydrogens is 294 g/mol. The lowest BCUT2D eigenvalue weighted by atomic mass is 9.94. The minimum absolute atomic E-state index is 0.204. The van der Waals surface area contributed by atoms with Crippen molar-refractivity contribution in [2.24, 2.45) is 0 Å². The van der Waals surface area contributed by atoms with Gasteiger partial charge in [-0.1, -0.05) is 30.3 Å². The lowest BCUT2D eigenvalue weighted by molar-refractivity contribution is -0.0468. The number of benzene rings is 1. The number of carbonyl (C=O) groups is 1. The molecule has 0 aliphatic carbocycles. The normalized spacial score (nSPS) is 21.0. The Balaban J connectivity index is 1.80. The highest BCUT2D eigenvalue weighted by molar-refractivity contribution is 5.86. The molecule has 6 nitrogen and oxygen atoms in total. The molecule has 1 fully saturated rings. The number of methoxy groups -OCH3 is 1. The molecule has 1 saturated heterocycles. The summed E-state index contributed by atoms with van der Waals surface area (Å²) in [4.78, 5) is 13.5. The summed E-state index contributed by atoms with van der Waals surface area (Å²) in [5.74, 6) is 0.239. The summed E-state index contributed by atoms with van der Waals surface area (Å²) in [6, 6.07) is 13.6. The second kappa shape index (κ2) is 6.34. The van der Waals surface area contributed by atoms with E-state index in [4.69, 9.17) is 4.74 Å². The fourth-order valence-corrected chi connectivity index (χ4v) is 2.74. The van der Waals surface area contributed by atoms with E-state index in [2.05, 4.69) is 38.9 Å². The summed E-state index contributed by atoms with van der Waals surface area (Å²) >= 11 is 0. The first-order valence-corrected chi connectivity index (χ1v) is 7.49. The topological polar surface area (TPSA) is 64.5 Å². The summed E-state index contributed by atoms with van der Waals surface area (Å²) in [5.41, 5.74) is 0.932. The largest absolute Gasteiger partial charge is 0.464 e. The molecule has 23 heavy (non-hydrogen) atoms. The molecule has 0 amide bonds. The van der Waals surface area contributed by atoms with E-state index in [0.717, 1.165) is 17.9 Å². The van der Waals surface area contributed by atoms with E-state index in [1.807, 2.05) is 18.2 Å². The molecule has 2 aromatic rings. The second-order valence-corrected chi connectivity index (χ2v) is 5.64. The first-order chi connectivity index (χ1) is 11.1. The van der Waals surface area contributed by atoms with Crippen LogP contribution in [0.15, 0.2) is 42.5 Å². The van der Waals surface area contributed by atoms with Crippen LogP contribution in [0.4, 0.5) is 5.82 Å². The molecule has 1 aromatic carbocycles. The van der Waals surface area contributed by atoms with Crippen LogP contribution in [0, 0.1) is 0 Å². The Kier molecular flexibility index (Phi) is 4.25. The van der Waals surface area contributed by atoms with Crippen molar-refractivity contribution in [1.82, 2.24) is 10.2 Å². The number of anilines is 1. The van der Waals surface area contributed by atoms with Crippen molar-refractivity contribution < 1.29 is 14.3 Å². The second-order valence-electron chi connectivity index (χ2n) is 5.64. The molecule has 0 spiro atoms. The fraction of sp³-hybridized carbons (Fsp3) is 0.353. The molecule has 0 radical (unpaired) electrons. The van der Waals surface area contributed by atoms with E-state index in [1.54, 1.807) is 12.1 Å². The number of morpholine rings is 1. The molecule has 120 valence electrons. The smallest absolute Gasteiger partial charge is 0.358 e. The maximum atomic E-state index is 11.4. The summed E-state index contributed by atoms with van der Waals surface area (Å²) in [7, 11) is 1.32. The van der Waals surface area contributed by atoms with Crippen LogP contribution in [-0.2, 0) is 15.1 Å². The van der Waals surface area contributed by atoms with Gasteiger partial charge in [-0.25, -0.2) is 4.79 Å². The Morgan fingerprint density at radius 1 is 1.22 bits per heavy atom. The quantitative estimate of drug-likeness (QED) is 0.808. The van der Waals surface area contributed by atoms with Crippen molar-refractivity contribution in [2.45, 2.75) is 12.5 Å². The summed E-state index contributed by atoms with van der Waals surface area (Å²) in [6.45, 7) is 4.08. The van der Waals surface area contributed by atoms with Crippen LogP contribution >= 0.6 is 0 Å². The Hall–Kier alpha value is -2.47. The number of carbonyl (C=O) groups excluding carboxylic acids is 1. The van der Waals surface area contributed by atoms with Gasteiger partial charge in [-0.2, -0.15) is 0 Å². The molecule has 2 heterocycles. The zero-order valence-corrected chi connectivity index (χ0v) is 13.2. The van der Waals surface area contributed by atoms with Crippen molar-refractivity contribution in [3.05, 3.63) is 53.7 Å². The summed E-state index contributed by atoms with van der Waals surface area (Å²) < 4.78 is 10.7. The van der Waals surface area contributed by atoms with Gasteiger partial charge < -0.3 is 14.4 Å². The molecule has 0 bridgehead atoms. The van der Waals surface area contributed by atoms with Gasteiger partial charge in [0.25, 0.3) is 0 Å². The average molecular weight is 313 g/mol. The number of ether oxygens (including phenoxy) is 2. The lowest BCUT2D eigenvalue weighted by Crippen LogP contribution is -2.48. The SMILES string of the molecule is COC(=O)c1ccc(N2CCOC(C)(c3ccccc3)C2)nn1. The Bertz CT molecular complexity index is 675. The molecule has 1 aliphatic rings. The minimum Gasteiger partial charge on any atom is -0.464 e. The summed E-state index contributed by atoms with van der Waals surface area (Å²) in [6.07, 6.45) is 0. The standard InChI is InChI=1S/C17H19N3O3/c1-17(13-6-4-3-5-7-13)12-20(10-11-23-17)15-9-8-14(18-19-15)16(21)22-2/h3-9H,10-12H2,1-2H3. The van der Waals surface area contributed by atoms with E-state index < -0.39 is 11.6 Å². The molecule has 1 aliphatic heterocycles. The van der Waals surface area contributed by atoms with E-state index >= 15 is 0 Å². The first kappa shape index (κ1) is 15.4. The molecule has 1 aromatic heterocycles. The van der Waals surface area contributed by atoms with Crippen molar-refractivity contribution >= 4 is 11.8 Å². The van der Waals surface area contributed by atoms with Crippen LogP contribution < -0.4 is 4.90 Å². The van der Waals surface area contributed by atoms with E-state index in [0.29, 0.717) is 13.2 Å². The first-order valence-electron chi connectivity index (χ1n) is 7.49. The maximum Gasteiger partial charge on any atom is 0.358 e. The van der Waals surface area contributed by atoms with Gasteiger partial charge in [-0.15, -0.1) is 10.2 Å². The number of hydrogen-bond donors (Lipinski definition) is 0. The molecule has 6 heteroatoms. The van der Waals surface area contributed by atoms with Crippen molar-refractivity contribution in [3.8, 4) is 0 Å². The number of esters is 1. The number of aromatic nitrogens is 2. The fourth-order valence-electron chi connectivity index (χ4n) is 2.74. The maximum absolute atomic E-state index is 11.4. The number of nitrogens with zero attached hydrogens (tertiary/aromatic N) is 3. The Morgan fingerprint density at radius 2 is 2.00 bits per heavy atom. The third kappa shape index (κ3) is 3.17. The molecule has 0 saturated carbocycles. The summed E-state index contributed by atoms with van der Waals surface area (Å²) in [5, 5.41) is 8.09. The molecule has 1 atom stereocenters. The lowest BCUT2D eigenvalue weighted by Gasteiger charge is -2.41. The minimum atomic E-state index is -0.486. The van der Waals surface area contributed by atoms with Gasteiger partial charge in [0.1, 0.15) is 5.60 Å². The average Bonchev–Trinajstić information content (AvgIpc) is 2.62. The Morgan fingerprint density at radius 3 is 2.65 bits per heavy atom. The van der Waals surface area contributed by atoms with Crippen LogP contribution in [0.1, 0.15) is 23.0 Å². The van der Waals surface area contributed by atoms with Crippen LogP contribution in [0.3, 0.4) is 0 Å². The van der Waals surface area contributed by atoms with Gasteiger partial charge in [0.2, 0.25) is 0 Å². The van der Waals surface area contributed by atoms with Crippen molar-refractivity contribution in [1.29, 1.82) is 0 Å². The highest BCUT2D eigenvalue weighted by Gasteiger charge is 2.34. The van der Waals surface area contributed by atoms with Gasteiger partial charge in [-0.05, 0) is 24.6 Å². The van der Waals surface area contributed by atoms with Crippen molar-refractivity contribution in [3.63, 3.8) is 0 Å². The third-order valence-corrected chi connectivity index (χ3v) is 4.03. The number of hydrogen-bond acceptors (Lipinski definition) is 6. The van der Waals surface area contributed by atoms with E-state index in [-0.39, 0.29) is 5.69 Å². The molecular formula is C17H19N3O3. The van der Waals surface area contributed by atoms with Gasteiger partial charge in [0.05, 0.1) is 20.3 Å². The monoisotopic (exact) mass is 313 g/mol. The molecule has 0 N–H and O–H groups in total.